The van der Waals surface area contributed by atoms with Crippen molar-refractivity contribution in [2.75, 3.05) is 5.32 Å². The fourth-order valence-corrected chi connectivity index (χ4v) is 3.62. The van der Waals surface area contributed by atoms with E-state index in [9.17, 15) is 9.90 Å². The maximum Gasteiger partial charge on any atom is 0.311 e. The third-order valence-corrected chi connectivity index (χ3v) is 4.48. The zero-order valence-corrected chi connectivity index (χ0v) is 10.6. The van der Waals surface area contributed by atoms with Crippen LogP contribution in [-0.2, 0) is 4.79 Å². The average molecular weight is 245 g/mol. The monoisotopic (exact) mass is 245 g/mol. The largest absolute Gasteiger partial charge is 0.481 e. The average Bonchev–Trinajstić information content (AvgIpc) is 2.36. The molecule has 1 aromatic rings. The van der Waals surface area contributed by atoms with E-state index in [1.807, 2.05) is 25.1 Å². The maximum atomic E-state index is 11.7. The first-order valence-electron chi connectivity index (χ1n) is 6.77. The lowest BCUT2D eigenvalue weighted by Crippen LogP contribution is -2.42. The van der Waals surface area contributed by atoms with Gasteiger partial charge in [0, 0.05) is 11.7 Å². The molecule has 3 atom stereocenters. The van der Waals surface area contributed by atoms with Gasteiger partial charge in [0.15, 0.2) is 0 Å². The van der Waals surface area contributed by atoms with Gasteiger partial charge >= 0.3 is 5.97 Å². The molecular formula is C15H19NO2. The quantitative estimate of drug-likeness (QED) is 0.799. The van der Waals surface area contributed by atoms with E-state index in [-0.39, 0.29) is 11.8 Å². The summed E-state index contributed by atoms with van der Waals surface area (Å²) in [5.41, 5.74) is 3.20. The molecular weight excluding hydrogens is 226 g/mol. The minimum Gasteiger partial charge on any atom is -0.481 e. The summed E-state index contributed by atoms with van der Waals surface area (Å²) in [7, 11) is 0. The summed E-state index contributed by atoms with van der Waals surface area (Å²) >= 11 is 0. The normalized spacial score (nSPS) is 29.9. The number of carbonyl (C=O) groups is 1. The van der Waals surface area contributed by atoms with Crippen molar-refractivity contribution < 1.29 is 9.90 Å². The number of carboxylic acid groups (broad SMARTS) is 1. The van der Waals surface area contributed by atoms with E-state index in [1.165, 1.54) is 6.42 Å². The lowest BCUT2D eigenvalue weighted by Gasteiger charge is -2.42. The Bertz CT molecular complexity index is 483. The van der Waals surface area contributed by atoms with Crippen LogP contribution in [-0.4, -0.2) is 17.1 Å². The highest BCUT2D eigenvalue weighted by Gasteiger charge is 2.41. The van der Waals surface area contributed by atoms with Gasteiger partial charge in [0.2, 0.25) is 0 Å². The molecule has 0 spiro atoms. The van der Waals surface area contributed by atoms with Crippen LogP contribution in [0.3, 0.4) is 0 Å². The molecule has 1 heterocycles. The number of para-hydroxylation sites is 1. The molecule has 0 radical (unpaired) electrons. The van der Waals surface area contributed by atoms with E-state index in [1.54, 1.807) is 0 Å². The Hall–Kier alpha value is -1.51. The van der Waals surface area contributed by atoms with Crippen LogP contribution < -0.4 is 5.32 Å². The summed E-state index contributed by atoms with van der Waals surface area (Å²) in [5, 5.41) is 13.2. The van der Waals surface area contributed by atoms with Gasteiger partial charge in [-0.1, -0.05) is 31.0 Å². The minimum atomic E-state index is -0.666. The third kappa shape index (κ3) is 1.69. The van der Waals surface area contributed by atoms with Gasteiger partial charge < -0.3 is 10.4 Å². The SMILES string of the molecule is Cc1cccc2c1NC1CCCCC1C2C(=O)O. The van der Waals surface area contributed by atoms with E-state index in [0.717, 1.165) is 36.1 Å². The Morgan fingerprint density at radius 3 is 2.89 bits per heavy atom. The Morgan fingerprint density at radius 2 is 2.11 bits per heavy atom. The van der Waals surface area contributed by atoms with Crippen molar-refractivity contribution in [3.63, 3.8) is 0 Å². The van der Waals surface area contributed by atoms with E-state index in [0.29, 0.717) is 6.04 Å². The highest BCUT2D eigenvalue weighted by molar-refractivity contribution is 5.81. The number of hydrogen-bond acceptors (Lipinski definition) is 2. The molecule has 1 aliphatic carbocycles. The fourth-order valence-electron chi connectivity index (χ4n) is 3.62. The van der Waals surface area contributed by atoms with E-state index in [4.69, 9.17) is 0 Å². The number of aryl methyl sites for hydroxylation is 1. The Labute approximate surface area is 107 Å². The second-order valence-corrected chi connectivity index (χ2v) is 5.55. The first kappa shape index (κ1) is 11.6. The van der Waals surface area contributed by atoms with Crippen molar-refractivity contribution in [2.24, 2.45) is 5.92 Å². The highest BCUT2D eigenvalue weighted by atomic mass is 16.4. The van der Waals surface area contributed by atoms with Crippen LogP contribution in [0.2, 0.25) is 0 Å². The van der Waals surface area contributed by atoms with Gasteiger partial charge in [-0.15, -0.1) is 0 Å². The van der Waals surface area contributed by atoms with Gasteiger partial charge in [-0.2, -0.15) is 0 Å². The number of hydrogen-bond donors (Lipinski definition) is 2. The first-order chi connectivity index (χ1) is 8.68. The van der Waals surface area contributed by atoms with Gasteiger partial charge in [0.1, 0.15) is 0 Å². The molecule has 1 aromatic carbocycles. The van der Waals surface area contributed by atoms with Crippen LogP contribution in [0.25, 0.3) is 0 Å². The number of carboxylic acids is 1. The zero-order chi connectivity index (χ0) is 12.7. The molecule has 1 fully saturated rings. The minimum absolute atomic E-state index is 0.255. The molecule has 2 N–H and O–H groups in total. The molecule has 3 nitrogen and oxygen atoms in total. The van der Waals surface area contributed by atoms with Gasteiger partial charge in [-0.25, -0.2) is 0 Å². The molecule has 0 bridgehead atoms. The lowest BCUT2D eigenvalue weighted by atomic mass is 9.70. The molecule has 3 rings (SSSR count). The van der Waals surface area contributed by atoms with Crippen molar-refractivity contribution >= 4 is 11.7 Å². The molecule has 0 amide bonds. The molecule has 0 aromatic heterocycles. The van der Waals surface area contributed by atoms with Crippen LogP contribution >= 0.6 is 0 Å². The van der Waals surface area contributed by atoms with Crippen LogP contribution in [0.1, 0.15) is 42.7 Å². The molecule has 1 aliphatic heterocycles. The molecule has 3 unspecified atom stereocenters. The van der Waals surface area contributed by atoms with E-state index >= 15 is 0 Å². The van der Waals surface area contributed by atoms with E-state index in [2.05, 4.69) is 5.32 Å². The van der Waals surface area contributed by atoms with E-state index < -0.39 is 5.97 Å². The number of rotatable bonds is 1. The smallest absolute Gasteiger partial charge is 0.311 e. The standard InChI is InChI=1S/C15H19NO2/c1-9-5-4-7-11-13(15(17)18)10-6-2-3-8-12(10)16-14(9)11/h4-5,7,10,12-13,16H,2-3,6,8H2,1H3,(H,17,18). The van der Waals surface area contributed by atoms with Gasteiger partial charge in [-0.3, -0.25) is 4.79 Å². The molecule has 2 aliphatic rings. The Morgan fingerprint density at radius 1 is 1.33 bits per heavy atom. The molecule has 96 valence electrons. The van der Waals surface area contributed by atoms with Gasteiger partial charge in [0.25, 0.3) is 0 Å². The number of fused-ring (bicyclic) bond motifs is 2. The van der Waals surface area contributed by atoms with Crippen molar-refractivity contribution in [2.45, 2.75) is 44.6 Å². The number of nitrogens with one attached hydrogen (secondary N) is 1. The summed E-state index contributed by atoms with van der Waals surface area (Å²) in [6, 6.07) is 6.33. The summed E-state index contributed by atoms with van der Waals surface area (Å²) < 4.78 is 0. The summed E-state index contributed by atoms with van der Waals surface area (Å²) in [4.78, 5) is 11.7. The van der Waals surface area contributed by atoms with Crippen molar-refractivity contribution in [3.8, 4) is 0 Å². The fraction of sp³-hybridized carbons (Fsp3) is 0.533. The van der Waals surface area contributed by atoms with Crippen molar-refractivity contribution in [1.29, 1.82) is 0 Å². The van der Waals surface area contributed by atoms with Gasteiger partial charge in [-0.05, 0) is 36.8 Å². The predicted octanol–water partition coefficient (Wildman–Crippen LogP) is 3.15. The second kappa shape index (κ2) is 4.30. The Balaban J connectivity index is 2.10. The summed E-state index contributed by atoms with van der Waals surface area (Å²) in [5.74, 6) is -0.739. The predicted molar refractivity (Wildman–Crippen MR) is 70.9 cm³/mol. The first-order valence-corrected chi connectivity index (χ1v) is 6.77. The van der Waals surface area contributed by atoms with Crippen LogP contribution in [0.4, 0.5) is 5.69 Å². The second-order valence-electron chi connectivity index (χ2n) is 5.55. The number of anilines is 1. The third-order valence-electron chi connectivity index (χ3n) is 4.48. The van der Waals surface area contributed by atoms with Gasteiger partial charge in [0.05, 0.1) is 5.92 Å². The topological polar surface area (TPSA) is 49.3 Å². The highest BCUT2D eigenvalue weighted by Crippen LogP contribution is 2.45. The molecule has 0 saturated heterocycles. The molecule has 3 heteroatoms. The van der Waals surface area contributed by atoms with Crippen LogP contribution in [0, 0.1) is 12.8 Å². The van der Waals surface area contributed by atoms with Crippen LogP contribution in [0.15, 0.2) is 18.2 Å². The Kier molecular flexibility index (Phi) is 2.77. The molecule has 18 heavy (non-hydrogen) atoms. The van der Waals surface area contributed by atoms with Crippen LogP contribution in [0.5, 0.6) is 0 Å². The van der Waals surface area contributed by atoms with Crippen molar-refractivity contribution in [1.82, 2.24) is 0 Å². The van der Waals surface area contributed by atoms with Crippen molar-refractivity contribution in [3.05, 3.63) is 29.3 Å². The molecule has 1 saturated carbocycles. The number of aliphatic carboxylic acids is 1. The summed E-state index contributed by atoms with van der Waals surface area (Å²) in [6.45, 7) is 2.05. The zero-order valence-electron chi connectivity index (χ0n) is 10.6. The number of benzene rings is 1. The summed E-state index contributed by atoms with van der Waals surface area (Å²) in [6.07, 6.45) is 4.50. The maximum absolute atomic E-state index is 11.7. The lowest BCUT2D eigenvalue weighted by molar-refractivity contribution is -0.140.